The number of aromatic nitrogens is 1. The molecule has 20 heavy (non-hydrogen) atoms. The molecule has 106 valence electrons. The van der Waals surface area contributed by atoms with Crippen molar-refractivity contribution in [2.75, 3.05) is 13.2 Å². The normalized spacial score (nSPS) is 12.1. The van der Waals surface area contributed by atoms with Gasteiger partial charge in [-0.3, -0.25) is 4.79 Å². The maximum atomic E-state index is 11.9. The highest BCUT2D eigenvalue weighted by Crippen LogP contribution is 2.18. The first-order valence-electron chi connectivity index (χ1n) is 6.58. The van der Waals surface area contributed by atoms with Crippen molar-refractivity contribution >= 4 is 5.91 Å². The zero-order valence-corrected chi connectivity index (χ0v) is 11.4. The third-order valence-electron chi connectivity index (χ3n) is 3.11. The van der Waals surface area contributed by atoms with Crippen molar-refractivity contribution in [3.63, 3.8) is 0 Å². The number of hydrogen-bond acceptors (Lipinski definition) is 4. The van der Waals surface area contributed by atoms with E-state index in [9.17, 15) is 4.79 Å². The molecule has 1 aromatic carbocycles. The Morgan fingerprint density at radius 3 is 2.75 bits per heavy atom. The lowest BCUT2D eigenvalue weighted by atomic mass is 9.96. The van der Waals surface area contributed by atoms with Crippen LogP contribution in [0.15, 0.2) is 40.9 Å². The van der Waals surface area contributed by atoms with Gasteiger partial charge in [-0.2, -0.15) is 0 Å². The van der Waals surface area contributed by atoms with E-state index < -0.39 is 0 Å². The number of aliphatic hydroxyl groups excluding tert-OH is 1. The van der Waals surface area contributed by atoms with Crippen molar-refractivity contribution in [1.29, 1.82) is 0 Å². The number of carbonyl (C=O) groups is 1. The van der Waals surface area contributed by atoms with E-state index in [1.165, 1.54) is 0 Å². The van der Waals surface area contributed by atoms with Crippen molar-refractivity contribution in [2.24, 2.45) is 0 Å². The molecule has 0 aliphatic carbocycles. The summed E-state index contributed by atoms with van der Waals surface area (Å²) in [6.45, 7) is 2.29. The molecule has 0 fully saturated rings. The summed E-state index contributed by atoms with van der Waals surface area (Å²) in [6, 6.07) is 11.4. The molecule has 1 aromatic heterocycles. The van der Waals surface area contributed by atoms with E-state index >= 15 is 0 Å². The van der Waals surface area contributed by atoms with E-state index in [0.717, 1.165) is 5.56 Å². The van der Waals surface area contributed by atoms with E-state index in [1.54, 1.807) is 13.0 Å². The predicted molar refractivity (Wildman–Crippen MR) is 74.5 cm³/mol. The molecule has 0 aliphatic rings. The zero-order chi connectivity index (χ0) is 14.4. The highest BCUT2D eigenvalue weighted by molar-refractivity contribution is 5.91. The van der Waals surface area contributed by atoms with Crippen LogP contribution in [-0.2, 0) is 0 Å². The molecule has 0 bridgehead atoms. The minimum absolute atomic E-state index is 0.0779. The van der Waals surface area contributed by atoms with Gasteiger partial charge in [-0.1, -0.05) is 35.5 Å². The minimum Gasteiger partial charge on any atom is -0.396 e. The summed E-state index contributed by atoms with van der Waals surface area (Å²) in [6.07, 6.45) is 0.597. The van der Waals surface area contributed by atoms with Gasteiger partial charge < -0.3 is 14.9 Å². The minimum atomic E-state index is -0.288. The number of nitrogens with zero attached hydrogens (tertiary/aromatic N) is 1. The second kappa shape index (κ2) is 6.86. The maximum Gasteiger partial charge on any atom is 0.289 e. The SMILES string of the molecule is Cc1cc(C(=O)NCC(CCO)c2ccccc2)on1. The highest BCUT2D eigenvalue weighted by Gasteiger charge is 2.15. The molecule has 5 heteroatoms. The van der Waals surface area contributed by atoms with Crippen LogP contribution in [0.1, 0.15) is 34.2 Å². The lowest BCUT2D eigenvalue weighted by molar-refractivity contribution is 0.0912. The van der Waals surface area contributed by atoms with Gasteiger partial charge in [0.05, 0.1) is 5.69 Å². The first-order valence-corrected chi connectivity index (χ1v) is 6.58. The van der Waals surface area contributed by atoms with Crippen LogP contribution in [0, 0.1) is 6.92 Å². The molecule has 2 aromatic rings. The molecule has 1 atom stereocenters. The maximum absolute atomic E-state index is 11.9. The number of benzene rings is 1. The summed E-state index contributed by atoms with van der Waals surface area (Å²) in [4.78, 5) is 11.9. The average molecular weight is 274 g/mol. The number of rotatable bonds is 6. The molecule has 0 saturated carbocycles. The molecule has 1 heterocycles. The second-order valence-electron chi connectivity index (χ2n) is 4.66. The van der Waals surface area contributed by atoms with E-state index in [4.69, 9.17) is 9.63 Å². The monoisotopic (exact) mass is 274 g/mol. The van der Waals surface area contributed by atoms with Gasteiger partial charge in [-0.15, -0.1) is 0 Å². The van der Waals surface area contributed by atoms with Gasteiger partial charge in [0.25, 0.3) is 5.91 Å². The Hall–Kier alpha value is -2.14. The molecular weight excluding hydrogens is 256 g/mol. The molecule has 0 saturated heterocycles. The summed E-state index contributed by atoms with van der Waals surface area (Å²) >= 11 is 0. The number of aryl methyl sites for hydroxylation is 1. The largest absolute Gasteiger partial charge is 0.396 e. The van der Waals surface area contributed by atoms with Crippen molar-refractivity contribution in [2.45, 2.75) is 19.3 Å². The molecule has 2 N–H and O–H groups in total. The van der Waals surface area contributed by atoms with E-state index in [1.807, 2.05) is 30.3 Å². The Labute approximate surface area is 117 Å². The molecule has 1 amide bonds. The van der Waals surface area contributed by atoms with Gasteiger partial charge in [0.1, 0.15) is 0 Å². The van der Waals surface area contributed by atoms with Crippen molar-refractivity contribution in [1.82, 2.24) is 10.5 Å². The number of nitrogens with one attached hydrogen (secondary N) is 1. The predicted octanol–water partition coefficient (Wildman–Crippen LogP) is 1.88. The molecule has 0 radical (unpaired) electrons. The van der Waals surface area contributed by atoms with Gasteiger partial charge in [0, 0.05) is 25.1 Å². The van der Waals surface area contributed by atoms with Crippen molar-refractivity contribution in [3.05, 3.63) is 53.4 Å². The van der Waals surface area contributed by atoms with Gasteiger partial charge in [-0.25, -0.2) is 0 Å². The molecule has 0 spiro atoms. The van der Waals surface area contributed by atoms with E-state index in [2.05, 4.69) is 10.5 Å². The van der Waals surface area contributed by atoms with E-state index in [-0.39, 0.29) is 24.2 Å². The van der Waals surface area contributed by atoms with E-state index in [0.29, 0.717) is 18.7 Å². The Bertz CT molecular complexity index is 551. The fraction of sp³-hybridized carbons (Fsp3) is 0.333. The van der Waals surface area contributed by atoms with Crippen LogP contribution in [0.2, 0.25) is 0 Å². The van der Waals surface area contributed by atoms with Gasteiger partial charge in [0.2, 0.25) is 5.76 Å². The average Bonchev–Trinajstić information content (AvgIpc) is 2.91. The topological polar surface area (TPSA) is 75.4 Å². The van der Waals surface area contributed by atoms with Crippen molar-refractivity contribution < 1.29 is 14.4 Å². The first-order chi connectivity index (χ1) is 9.70. The molecule has 1 unspecified atom stereocenters. The summed E-state index contributed by atoms with van der Waals surface area (Å²) in [7, 11) is 0. The third-order valence-corrected chi connectivity index (χ3v) is 3.11. The van der Waals surface area contributed by atoms with Crippen molar-refractivity contribution in [3.8, 4) is 0 Å². The van der Waals surface area contributed by atoms with Gasteiger partial charge >= 0.3 is 0 Å². The number of carbonyl (C=O) groups excluding carboxylic acids is 1. The first kappa shape index (κ1) is 14.3. The van der Waals surface area contributed by atoms with Gasteiger partial charge in [-0.05, 0) is 18.9 Å². The lowest BCUT2D eigenvalue weighted by Gasteiger charge is -2.16. The zero-order valence-electron chi connectivity index (χ0n) is 11.4. The highest BCUT2D eigenvalue weighted by atomic mass is 16.5. The van der Waals surface area contributed by atoms with Crippen LogP contribution >= 0.6 is 0 Å². The molecule has 5 nitrogen and oxygen atoms in total. The second-order valence-corrected chi connectivity index (χ2v) is 4.66. The van der Waals surface area contributed by atoms with Gasteiger partial charge in [0.15, 0.2) is 0 Å². The summed E-state index contributed by atoms with van der Waals surface area (Å²) < 4.78 is 4.91. The molecular formula is C15H18N2O3. The molecule has 0 aliphatic heterocycles. The fourth-order valence-corrected chi connectivity index (χ4v) is 2.04. The standard InChI is InChI=1S/C15H18N2O3/c1-11-9-14(20-17-11)15(19)16-10-13(7-8-18)12-5-3-2-4-6-12/h2-6,9,13,18H,7-8,10H2,1H3,(H,16,19). The Kier molecular flexibility index (Phi) is 4.90. The van der Waals surface area contributed by atoms with Crippen LogP contribution in [-0.4, -0.2) is 29.3 Å². The van der Waals surface area contributed by atoms with Crippen LogP contribution in [0.5, 0.6) is 0 Å². The van der Waals surface area contributed by atoms with Crippen LogP contribution in [0.3, 0.4) is 0 Å². The summed E-state index contributed by atoms with van der Waals surface area (Å²) in [5.41, 5.74) is 1.76. The van der Waals surface area contributed by atoms with Crippen LogP contribution < -0.4 is 5.32 Å². The Balaban J connectivity index is 1.97. The number of amides is 1. The summed E-state index contributed by atoms with van der Waals surface area (Å²) in [5, 5.41) is 15.6. The Morgan fingerprint density at radius 2 is 2.15 bits per heavy atom. The number of aliphatic hydroxyl groups is 1. The summed E-state index contributed by atoms with van der Waals surface area (Å²) in [5.74, 6) is -0.00282. The Morgan fingerprint density at radius 1 is 1.40 bits per heavy atom. The number of hydrogen-bond donors (Lipinski definition) is 2. The lowest BCUT2D eigenvalue weighted by Crippen LogP contribution is -2.28. The van der Waals surface area contributed by atoms with Crippen LogP contribution in [0.25, 0.3) is 0 Å². The fourth-order valence-electron chi connectivity index (χ4n) is 2.04. The third kappa shape index (κ3) is 3.68. The molecule has 2 rings (SSSR count). The van der Waals surface area contributed by atoms with Crippen LogP contribution in [0.4, 0.5) is 0 Å². The quantitative estimate of drug-likeness (QED) is 0.843. The smallest absolute Gasteiger partial charge is 0.289 e.